The van der Waals surface area contributed by atoms with Crippen LogP contribution >= 0.6 is 0 Å². The zero-order chi connectivity index (χ0) is 20.8. The third-order valence-electron chi connectivity index (χ3n) is 5.45. The second-order valence-electron chi connectivity index (χ2n) is 7.82. The van der Waals surface area contributed by atoms with Crippen LogP contribution < -0.4 is 15.0 Å². The van der Waals surface area contributed by atoms with E-state index in [-0.39, 0.29) is 5.91 Å². The molecular weight excluding hydrogens is 372 g/mol. The predicted molar refractivity (Wildman–Crippen MR) is 122 cm³/mol. The molecule has 1 saturated heterocycles. The molecule has 3 aromatic rings. The standard InChI is InChI=1S/C26H28N2O2/c1-20-8-7-9-21(18-20)19-30-25-11-4-3-10-24(25)26(29)27-22-12-14-23(15-13-22)28-16-5-2-6-17-28/h3-4,7-15,18H,2,5-6,16-17,19H2,1H3,(H,27,29). The van der Waals surface area contributed by atoms with Crippen LogP contribution in [-0.4, -0.2) is 19.0 Å². The van der Waals surface area contributed by atoms with Crippen molar-refractivity contribution in [3.8, 4) is 5.75 Å². The number of nitrogens with zero attached hydrogens (tertiary/aromatic N) is 1. The number of carbonyl (C=O) groups excluding carboxylic acids is 1. The van der Waals surface area contributed by atoms with Crippen LogP contribution in [0, 0.1) is 6.92 Å². The van der Waals surface area contributed by atoms with Gasteiger partial charge in [0.1, 0.15) is 12.4 Å². The maximum Gasteiger partial charge on any atom is 0.259 e. The Balaban J connectivity index is 1.42. The Morgan fingerprint density at radius 3 is 2.47 bits per heavy atom. The first kappa shape index (κ1) is 20.0. The molecule has 4 rings (SSSR count). The largest absolute Gasteiger partial charge is 0.488 e. The summed E-state index contributed by atoms with van der Waals surface area (Å²) >= 11 is 0. The van der Waals surface area contributed by atoms with Crippen LogP contribution in [0.2, 0.25) is 0 Å². The van der Waals surface area contributed by atoms with E-state index < -0.39 is 0 Å². The maximum atomic E-state index is 12.9. The molecule has 0 bridgehead atoms. The Kier molecular flexibility index (Phi) is 6.33. The molecule has 4 nitrogen and oxygen atoms in total. The molecule has 0 unspecified atom stereocenters. The Morgan fingerprint density at radius 2 is 1.70 bits per heavy atom. The monoisotopic (exact) mass is 400 g/mol. The van der Waals surface area contributed by atoms with Crippen molar-refractivity contribution in [1.82, 2.24) is 0 Å². The molecule has 1 aliphatic heterocycles. The third-order valence-corrected chi connectivity index (χ3v) is 5.45. The number of rotatable bonds is 6. The van der Waals surface area contributed by atoms with Crippen LogP contribution in [0.1, 0.15) is 40.7 Å². The molecule has 3 aromatic carbocycles. The fourth-order valence-electron chi connectivity index (χ4n) is 3.85. The summed E-state index contributed by atoms with van der Waals surface area (Å²) in [6, 6.07) is 23.7. The Bertz CT molecular complexity index is 992. The van der Waals surface area contributed by atoms with Crippen molar-refractivity contribution in [1.29, 1.82) is 0 Å². The van der Waals surface area contributed by atoms with Gasteiger partial charge in [0.25, 0.3) is 5.91 Å². The van der Waals surface area contributed by atoms with Gasteiger partial charge in [0, 0.05) is 24.5 Å². The molecule has 1 fully saturated rings. The summed E-state index contributed by atoms with van der Waals surface area (Å²) in [6.45, 7) is 4.70. The molecule has 0 aromatic heterocycles. The summed E-state index contributed by atoms with van der Waals surface area (Å²) in [7, 11) is 0. The highest BCUT2D eigenvalue weighted by Crippen LogP contribution is 2.24. The lowest BCUT2D eigenvalue weighted by molar-refractivity contribution is 0.102. The molecular formula is C26H28N2O2. The third kappa shape index (κ3) is 5.01. The molecule has 30 heavy (non-hydrogen) atoms. The fourth-order valence-corrected chi connectivity index (χ4v) is 3.85. The molecule has 0 spiro atoms. The number of aryl methyl sites for hydroxylation is 1. The molecule has 0 radical (unpaired) electrons. The second kappa shape index (κ2) is 9.49. The Labute approximate surface area is 178 Å². The molecule has 0 aliphatic carbocycles. The topological polar surface area (TPSA) is 41.6 Å². The van der Waals surface area contributed by atoms with Crippen LogP contribution in [-0.2, 0) is 6.61 Å². The molecule has 1 aliphatic rings. The van der Waals surface area contributed by atoms with Gasteiger partial charge in [0.15, 0.2) is 0 Å². The van der Waals surface area contributed by atoms with Gasteiger partial charge in [-0.05, 0) is 68.1 Å². The summed E-state index contributed by atoms with van der Waals surface area (Å²) in [6.07, 6.45) is 3.81. The number of carbonyl (C=O) groups is 1. The van der Waals surface area contributed by atoms with Gasteiger partial charge in [-0.1, -0.05) is 42.0 Å². The number of piperidine rings is 1. The predicted octanol–water partition coefficient (Wildman–Crippen LogP) is 5.82. The zero-order valence-corrected chi connectivity index (χ0v) is 17.4. The average Bonchev–Trinajstić information content (AvgIpc) is 2.79. The molecule has 1 heterocycles. The van der Waals surface area contributed by atoms with Crippen LogP contribution in [0.25, 0.3) is 0 Å². The van der Waals surface area contributed by atoms with Crippen LogP contribution in [0.3, 0.4) is 0 Å². The Morgan fingerprint density at radius 1 is 0.933 bits per heavy atom. The first-order valence-corrected chi connectivity index (χ1v) is 10.6. The first-order valence-electron chi connectivity index (χ1n) is 10.6. The maximum absolute atomic E-state index is 12.9. The van der Waals surface area contributed by atoms with Crippen LogP contribution in [0.5, 0.6) is 5.75 Å². The molecule has 1 N–H and O–H groups in total. The lowest BCUT2D eigenvalue weighted by Gasteiger charge is -2.28. The number of ether oxygens (including phenoxy) is 1. The van der Waals surface area contributed by atoms with Crippen LogP contribution in [0.4, 0.5) is 11.4 Å². The molecule has 154 valence electrons. The van der Waals surface area contributed by atoms with Gasteiger partial charge >= 0.3 is 0 Å². The van der Waals surface area contributed by atoms with E-state index in [0.717, 1.165) is 24.3 Å². The highest BCUT2D eigenvalue weighted by Gasteiger charge is 2.14. The number of hydrogen-bond acceptors (Lipinski definition) is 3. The normalized spacial score (nSPS) is 13.7. The van der Waals surface area contributed by atoms with Gasteiger partial charge in [-0.25, -0.2) is 0 Å². The van der Waals surface area contributed by atoms with Gasteiger partial charge in [0.2, 0.25) is 0 Å². The van der Waals surface area contributed by atoms with Crippen LogP contribution in [0.15, 0.2) is 72.8 Å². The smallest absolute Gasteiger partial charge is 0.259 e. The summed E-state index contributed by atoms with van der Waals surface area (Å²) in [5.41, 5.74) is 4.81. The number of benzene rings is 3. The summed E-state index contributed by atoms with van der Waals surface area (Å²) in [5.74, 6) is 0.419. The SMILES string of the molecule is Cc1cccc(COc2ccccc2C(=O)Nc2ccc(N3CCCCC3)cc2)c1. The van der Waals surface area contributed by atoms with E-state index in [1.54, 1.807) is 6.07 Å². The summed E-state index contributed by atoms with van der Waals surface area (Å²) in [5, 5.41) is 3.00. The first-order chi connectivity index (χ1) is 14.7. The fraction of sp³-hybridized carbons (Fsp3) is 0.269. The number of amides is 1. The molecule has 0 atom stereocenters. The van der Waals surface area contributed by atoms with Crippen molar-refractivity contribution in [3.05, 3.63) is 89.5 Å². The van der Waals surface area contributed by atoms with Gasteiger partial charge in [-0.15, -0.1) is 0 Å². The van der Waals surface area contributed by atoms with E-state index >= 15 is 0 Å². The summed E-state index contributed by atoms with van der Waals surface area (Å²) < 4.78 is 5.97. The van der Waals surface area contributed by atoms with Crippen molar-refractivity contribution in [2.24, 2.45) is 0 Å². The number of nitrogens with one attached hydrogen (secondary N) is 1. The van der Waals surface area contributed by atoms with E-state index in [0.29, 0.717) is 17.9 Å². The van der Waals surface area contributed by atoms with E-state index in [2.05, 4.69) is 41.4 Å². The van der Waals surface area contributed by atoms with Crippen molar-refractivity contribution in [2.75, 3.05) is 23.3 Å². The van der Waals surface area contributed by atoms with Gasteiger partial charge in [-0.3, -0.25) is 4.79 Å². The minimum absolute atomic E-state index is 0.166. The number of hydrogen-bond donors (Lipinski definition) is 1. The van der Waals surface area contributed by atoms with E-state index in [1.165, 1.54) is 30.5 Å². The minimum Gasteiger partial charge on any atom is -0.488 e. The average molecular weight is 401 g/mol. The number of anilines is 2. The highest BCUT2D eigenvalue weighted by molar-refractivity contribution is 6.06. The van der Waals surface area contributed by atoms with E-state index in [9.17, 15) is 4.79 Å². The lowest BCUT2D eigenvalue weighted by atomic mass is 10.1. The van der Waals surface area contributed by atoms with Crippen molar-refractivity contribution < 1.29 is 9.53 Å². The van der Waals surface area contributed by atoms with Gasteiger partial charge in [0.05, 0.1) is 5.56 Å². The molecule has 1 amide bonds. The molecule has 0 saturated carbocycles. The van der Waals surface area contributed by atoms with Crippen molar-refractivity contribution in [3.63, 3.8) is 0 Å². The summed E-state index contributed by atoms with van der Waals surface area (Å²) in [4.78, 5) is 15.3. The van der Waals surface area contributed by atoms with Crippen molar-refractivity contribution >= 4 is 17.3 Å². The van der Waals surface area contributed by atoms with Gasteiger partial charge < -0.3 is 15.0 Å². The zero-order valence-electron chi connectivity index (χ0n) is 17.4. The Hall–Kier alpha value is -3.27. The number of para-hydroxylation sites is 1. The second-order valence-corrected chi connectivity index (χ2v) is 7.82. The van der Waals surface area contributed by atoms with Crippen molar-refractivity contribution in [2.45, 2.75) is 32.8 Å². The van der Waals surface area contributed by atoms with Gasteiger partial charge in [-0.2, -0.15) is 0 Å². The quantitative estimate of drug-likeness (QED) is 0.567. The highest BCUT2D eigenvalue weighted by atomic mass is 16.5. The lowest BCUT2D eigenvalue weighted by Crippen LogP contribution is -2.29. The van der Waals surface area contributed by atoms with E-state index in [4.69, 9.17) is 4.74 Å². The minimum atomic E-state index is -0.166. The van der Waals surface area contributed by atoms with E-state index in [1.807, 2.05) is 42.5 Å². The molecule has 4 heteroatoms.